The molecule has 0 unspecified atom stereocenters. The minimum Gasteiger partial charge on any atom is -0.364 e. The van der Waals surface area contributed by atoms with Gasteiger partial charge in [-0.1, -0.05) is 16.8 Å². The van der Waals surface area contributed by atoms with E-state index in [2.05, 4.69) is 20.6 Å². The van der Waals surface area contributed by atoms with Crippen LogP contribution in [-0.4, -0.2) is 29.1 Å². The van der Waals surface area contributed by atoms with Crippen LogP contribution in [0.5, 0.6) is 0 Å². The third kappa shape index (κ3) is 4.35. The number of aromatic nitrogens is 6. The zero-order chi connectivity index (χ0) is 25.6. The first kappa shape index (κ1) is 23.4. The average Bonchev–Trinajstić information content (AvgIpc) is 3.46. The fraction of sp³-hybridized carbons (Fsp3) is 0.136. The lowest BCUT2D eigenvalue weighted by Gasteiger charge is -2.16. The van der Waals surface area contributed by atoms with Crippen LogP contribution in [0, 0.1) is 17.5 Å². The summed E-state index contributed by atoms with van der Waals surface area (Å²) in [6, 6.07) is 6.17. The molecule has 0 spiro atoms. The number of benzene rings is 2. The van der Waals surface area contributed by atoms with E-state index in [0.717, 1.165) is 21.3 Å². The second-order valence-corrected chi connectivity index (χ2v) is 8.26. The first-order chi connectivity index (χ1) is 17.2. The molecule has 1 N–H and O–H groups in total. The van der Waals surface area contributed by atoms with Crippen LogP contribution in [0.15, 0.2) is 56.9 Å². The van der Waals surface area contributed by atoms with Crippen LogP contribution < -0.4 is 16.7 Å². The molecule has 2 aromatic carbocycles. The van der Waals surface area contributed by atoms with E-state index in [-0.39, 0.29) is 28.8 Å². The van der Waals surface area contributed by atoms with Gasteiger partial charge in [0, 0.05) is 24.7 Å². The van der Waals surface area contributed by atoms with Gasteiger partial charge in [-0.2, -0.15) is 10.1 Å². The summed E-state index contributed by atoms with van der Waals surface area (Å²) in [5, 5.41) is 11.7. The molecule has 0 aliphatic carbocycles. The number of nitrogens with zero attached hydrogens (tertiary/aromatic N) is 6. The summed E-state index contributed by atoms with van der Waals surface area (Å²) in [5.41, 5.74) is -0.700. The number of halogens is 4. The van der Waals surface area contributed by atoms with Gasteiger partial charge in [-0.3, -0.25) is 9.25 Å². The summed E-state index contributed by atoms with van der Waals surface area (Å²) in [6.45, 7) is -0.718. The minimum absolute atomic E-state index is 0.0845. The van der Waals surface area contributed by atoms with Gasteiger partial charge in [0.2, 0.25) is 5.95 Å². The largest absolute Gasteiger partial charge is 0.364 e. The van der Waals surface area contributed by atoms with Crippen molar-refractivity contribution in [3.05, 3.63) is 97.5 Å². The van der Waals surface area contributed by atoms with Gasteiger partial charge in [0.15, 0.2) is 17.5 Å². The monoisotopic (exact) mass is 517 g/mol. The quantitative estimate of drug-likeness (QED) is 0.344. The Labute approximate surface area is 204 Å². The van der Waals surface area contributed by atoms with Crippen molar-refractivity contribution in [2.45, 2.75) is 13.1 Å². The van der Waals surface area contributed by atoms with E-state index in [1.54, 1.807) is 30.1 Å². The van der Waals surface area contributed by atoms with E-state index in [1.165, 1.54) is 12.3 Å². The Kier molecular flexibility index (Phi) is 5.84. The van der Waals surface area contributed by atoms with Crippen molar-refractivity contribution in [2.75, 3.05) is 5.32 Å². The second kappa shape index (κ2) is 9.00. The minimum atomic E-state index is -1.64. The highest BCUT2D eigenvalue weighted by molar-refractivity contribution is 6.34. The van der Waals surface area contributed by atoms with E-state index in [9.17, 15) is 22.8 Å². The van der Waals surface area contributed by atoms with Crippen molar-refractivity contribution in [2.24, 2.45) is 7.05 Å². The lowest BCUT2D eigenvalue weighted by Crippen LogP contribution is -2.43. The Morgan fingerprint density at radius 2 is 1.81 bits per heavy atom. The van der Waals surface area contributed by atoms with Crippen LogP contribution in [0.2, 0.25) is 5.02 Å². The molecule has 5 aromatic rings. The molecule has 0 aliphatic rings. The standard InChI is InChI=1S/C22H15ClF3N7O3/c1-31-9-12-6-18(14(23)7-17(12)29-31)27-20-28-21(34)33(10-13-2-3-36-30-13)22(35)32(20)8-11-4-15(24)19(26)16(25)5-11/h2-7,9H,8,10H2,1H3,(H,27,28,34). The highest BCUT2D eigenvalue weighted by Gasteiger charge is 2.18. The maximum absolute atomic E-state index is 13.9. The number of hydrogen-bond acceptors (Lipinski definition) is 7. The fourth-order valence-electron chi connectivity index (χ4n) is 3.65. The van der Waals surface area contributed by atoms with Crippen LogP contribution in [0.3, 0.4) is 0 Å². The van der Waals surface area contributed by atoms with E-state index < -0.39 is 35.4 Å². The lowest BCUT2D eigenvalue weighted by molar-refractivity contribution is 0.407. The molecule has 0 aliphatic heterocycles. The molecule has 3 aromatic heterocycles. The highest BCUT2D eigenvalue weighted by Crippen LogP contribution is 2.29. The summed E-state index contributed by atoms with van der Waals surface area (Å²) >= 11 is 6.37. The predicted molar refractivity (Wildman–Crippen MR) is 123 cm³/mol. The van der Waals surface area contributed by atoms with Crippen molar-refractivity contribution in [1.82, 2.24) is 29.1 Å². The highest BCUT2D eigenvalue weighted by atomic mass is 35.5. The maximum atomic E-state index is 13.9. The smallest absolute Gasteiger partial charge is 0.355 e. The number of rotatable bonds is 6. The Bertz CT molecular complexity index is 1700. The predicted octanol–water partition coefficient (Wildman–Crippen LogP) is 3.19. The zero-order valence-corrected chi connectivity index (χ0v) is 19.1. The summed E-state index contributed by atoms with van der Waals surface area (Å²) in [4.78, 5) is 30.1. The van der Waals surface area contributed by atoms with Crippen molar-refractivity contribution >= 4 is 34.1 Å². The van der Waals surface area contributed by atoms with Crippen LogP contribution in [-0.2, 0) is 20.1 Å². The summed E-state index contributed by atoms with van der Waals surface area (Å²) < 4.78 is 49.2. The molecule has 0 saturated heterocycles. The third-order valence-electron chi connectivity index (χ3n) is 5.30. The third-order valence-corrected chi connectivity index (χ3v) is 5.61. The van der Waals surface area contributed by atoms with Crippen LogP contribution in [0.25, 0.3) is 10.9 Å². The summed E-state index contributed by atoms with van der Waals surface area (Å²) in [6.07, 6.45) is 3.00. The van der Waals surface area contributed by atoms with Gasteiger partial charge in [-0.25, -0.2) is 27.3 Å². The molecule has 0 fully saturated rings. The Morgan fingerprint density at radius 1 is 1.06 bits per heavy atom. The molecule has 0 bridgehead atoms. The van der Waals surface area contributed by atoms with Crippen molar-refractivity contribution in [3.8, 4) is 0 Å². The number of fused-ring (bicyclic) bond motifs is 1. The first-order valence-corrected chi connectivity index (χ1v) is 10.7. The van der Waals surface area contributed by atoms with Crippen molar-refractivity contribution in [1.29, 1.82) is 0 Å². The van der Waals surface area contributed by atoms with Crippen LogP contribution >= 0.6 is 11.6 Å². The molecule has 0 saturated carbocycles. The van der Waals surface area contributed by atoms with Gasteiger partial charge in [0.1, 0.15) is 12.0 Å². The second-order valence-electron chi connectivity index (χ2n) is 7.86. The number of aryl methyl sites for hydroxylation is 1. The Balaban J connectivity index is 1.64. The van der Waals surface area contributed by atoms with Gasteiger partial charge in [-0.15, -0.1) is 0 Å². The number of anilines is 2. The molecule has 0 atom stereocenters. The molecule has 0 radical (unpaired) electrons. The molecule has 184 valence electrons. The van der Waals surface area contributed by atoms with Gasteiger partial charge in [-0.05, 0) is 29.8 Å². The van der Waals surface area contributed by atoms with Crippen molar-refractivity contribution in [3.63, 3.8) is 0 Å². The first-order valence-electron chi connectivity index (χ1n) is 10.3. The normalized spacial score (nSPS) is 11.4. The van der Waals surface area contributed by atoms with Crippen LogP contribution in [0.4, 0.5) is 24.8 Å². The fourth-order valence-corrected chi connectivity index (χ4v) is 3.86. The van der Waals surface area contributed by atoms with Gasteiger partial charge < -0.3 is 9.84 Å². The summed E-state index contributed by atoms with van der Waals surface area (Å²) in [5.74, 6) is -4.75. The Morgan fingerprint density at radius 3 is 2.50 bits per heavy atom. The average molecular weight is 518 g/mol. The molecule has 3 heterocycles. The SMILES string of the molecule is Cn1cc2cc(Nc3nc(=O)n(Cc4ccon4)c(=O)n3Cc3cc(F)c(F)c(F)c3)c(Cl)cc2n1. The molecule has 14 heteroatoms. The molecule has 36 heavy (non-hydrogen) atoms. The Hall–Kier alpha value is -4.39. The van der Waals surface area contributed by atoms with Crippen molar-refractivity contribution < 1.29 is 17.7 Å². The maximum Gasteiger partial charge on any atom is 0.355 e. The lowest BCUT2D eigenvalue weighted by atomic mass is 10.2. The molecular formula is C22H15ClF3N7O3. The molecular weight excluding hydrogens is 503 g/mol. The van der Waals surface area contributed by atoms with E-state index in [4.69, 9.17) is 16.1 Å². The zero-order valence-electron chi connectivity index (χ0n) is 18.4. The van der Waals surface area contributed by atoms with Gasteiger partial charge >= 0.3 is 11.4 Å². The number of hydrogen-bond donors (Lipinski definition) is 1. The molecule has 10 nitrogen and oxygen atoms in total. The van der Waals surface area contributed by atoms with E-state index >= 15 is 0 Å². The molecule has 0 amide bonds. The van der Waals surface area contributed by atoms with Gasteiger partial charge in [0.05, 0.1) is 29.3 Å². The van der Waals surface area contributed by atoms with E-state index in [1.807, 2.05) is 0 Å². The summed E-state index contributed by atoms with van der Waals surface area (Å²) in [7, 11) is 1.73. The van der Waals surface area contributed by atoms with Crippen LogP contribution in [0.1, 0.15) is 11.3 Å². The number of nitrogens with one attached hydrogen (secondary N) is 1. The van der Waals surface area contributed by atoms with Gasteiger partial charge in [0.25, 0.3) is 0 Å². The van der Waals surface area contributed by atoms with E-state index in [0.29, 0.717) is 16.6 Å². The molecule has 5 rings (SSSR count). The topological polar surface area (TPSA) is 113 Å².